The predicted octanol–water partition coefficient (Wildman–Crippen LogP) is 0.953. The molecule has 13 heavy (non-hydrogen) atoms. The monoisotopic (exact) mass is 207 g/mol. The maximum atomic E-state index is 5.78. The Bertz CT molecular complexity index is 160. The topological polar surface area (TPSA) is 44.5 Å². The van der Waals surface area contributed by atoms with E-state index in [9.17, 15) is 0 Å². The summed E-state index contributed by atoms with van der Waals surface area (Å²) < 4.78 is 11.1. The van der Waals surface area contributed by atoms with E-state index in [0.29, 0.717) is 5.92 Å². The molecule has 0 aromatic heterocycles. The second kappa shape index (κ2) is 4.60. The van der Waals surface area contributed by atoms with Crippen molar-refractivity contribution in [3.8, 4) is 0 Å². The fraction of sp³-hybridized carbons (Fsp3) is 1.00. The van der Waals surface area contributed by atoms with E-state index in [-0.39, 0.29) is 18.0 Å². The molecule has 1 spiro atoms. The van der Waals surface area contributed by atoms with Crippen molar-refractivity contribution in [1.82, 2.24) is 0 Å². The molecular formula is C9H18ClNO2. The number of rotatable bonds is 1. The second-order valence-corrected chi connectivity index (χ2v) is 3.93. The van der Waals surface area contributed by atoms with E-state index >= 15 is 0 Å². The van der Waals surface area contributed by atoms with Gasteiger partial charge in [-0.25, -0.2) is 0 Å². The molecule has 2 aliphatic rings. The summed E-state index contributed by atoms with van der Waals surface area (Å²) in [4.78, 5) is 0. The van der Waals surface area contributed by atoms with Crippen LogP contribution in [0, 0.1) is 5.92 Å². The molecule has 4 heteroatoms. The number of hydrogen-bond donors (Lipinski definition) is 1. The highest BCUT2D eigenvalue weighted by Gasteiger charge is 2.40. The number of halogens is 1. The van der Waals surface area contributed by atoms with Crippen LogP contribution in [-0.4, -0.2) is 32.0 Å². The lowest BCUT2D eigenvalue weighted by atomic mass is 9.85. The minimum atomic E-state index is 0. The van der Waals surface area contributed by atoms with Crippen LogP contribution < -0.4 is 5.73 Å². The summed E-state index contributed by atoms with van der Waals surface area (Å²) in [5, 5.41) is 0. The number of hydrogen-bond acceptors (Lipinski definition) is 3. The first-order valence-corrected chi connectivity index (χ1v) is 4.76. The molecule has 0 bridgehead atoms. The van der Waals surface area contributed by atoms with Crippen molar-refractivity contribution in [1.29, 1.82) is 0 Å². The zero-order valence-corrected chi connectivity index (χ0v) is 8.65. The van der Waals surface area contributed by atoms with E-state index in [2.05, 4.69) is 0 Å². The summed E-state index contributed by atoms with van der Waals surface area (Å²) in [5.41, 5.74) is 5.70. The highest BCUT2D eigenvalue weighted by Crippen LogP contribution is 2.35. The fourth-order valence-corrected chi connectivity index (χ4v) is 2.19. The lowest BCUT2D eigenvalue weighted by Crippen LogP contribution is -2.42. The summed E-state index contributed by atoms with van der Waals surface area (Å²) >= 11 is 0. The Hall–Kier alpha value is 0.170. The first-order valence-electron chi connectivity index (χ1n) is 4.76. The van der Waals surface area contributed by atoms with Crippen molar-refractivity contribution >= 4 is 12.4 Å². The van der Waals surface area contributed by atoms with Crippen LogP contribution in [0.25, 0.3) is 0 Å². The molecule has 0 amide bonds. The Kier molecular flexibility index (Phi) is 3.98. The molecule has 0 aliphatic carbocycles. The zero-order valence-electron chi connectivity index (χ0n) is 7.83. The maximum Gasteiger partial charge on any atom is 0.0939 e. The molecular weight excluding hydrogens is 190 g/mol. The van der Waals surface area contributed by atoms with Crippen LogP contribution in [-0.2, 0) is 9.47 Å². The third-order valence-corrected chi connectivity index (χ3v) is 3.00. The highest BCUT2D eigenvalue weighted by atomic mass is 35.5. The molecule has 2 rings (SSSR count). The van der Waals surface area contributed by atoms with E-state index in [1.165, 1.54) is 0 Å². The Morgan fingerprint density at radius 2 is 2.23 bits per heavy atom. The van der Waals surface area contributed by atoms with Gasteiger partial charge in [-0.2, -0.15) is 0 Å². The Morgan fingerprint density at radius 1 is 1.38 bits per heavy atom. The SMILES string of the molecule is Cl.NCC1CCOC2(CCOC2)C1. The number of ether oxygens (including phenoxy) is 2. The van der Waals surface area contributed by atoms with Crippen LogP contribution in [0.4, 0.5) is 0 Å². The van der Waals surface area contributed by atoms with Gasteiger partial charge in [0.2, 0.25) is 0 Å². The summed E-state index contributed by atoms with van der Waals surface area (Å²) in [6, 6.07) is 0. The quantitative estimate of drug-likeness (QED) is 0.697. The first kappa shape index (κ1) is 11.2. The molecule has 2 unspecified atom stereocenters. The van der Waals surface area contributed by atoms with Gasteiger partial charge in [-0.3, -0.25) is 0 Å². The molecule has 2 N–H and O–H groups in total. The lowest BCUT2D eigenvalue weighted by Gasteiger charge is -2.36. The van der Waals surface area contributed by atoms with Gasteiger partial charge in [0.05, 0.1) is 12.2 Å². The zero-order chi connectivity index (χ0) is 8.44. The van der Waals surface area contributed by atoms with Gasteiger partial charge in [-0.1, -0.05) is 0 Å². The molecule has 3 nitrogen and oxygen atoms in total. The normalized spacial score (nSPS) is 39.0. The average Bonchev–Trinajstić information content (AvgIpc) is 2.53. The van der Waals surface area contributed by atoms with Crippen molar-refractivity contribution < 1.29 is 9.47 Å². The molecule has 78 valence electrons. The van der Waals surface area contributed by atoms with E-state index in [4.69, 9.17) is 15.2 Å². The summed E-state index contributed by atoms with van der Waals surface area (Å²) in [6.07, 6.45) is 3.28. The molecule has 0 radical (unpaired) electrons. The van der Waals surface area contributed by atoms with Gasteiger partial charge < -0.3 is 15.2 Å². The Balaban J connectivity index is 0.000000845. The molecule has 2 heterocycles. The third-order valence-electron chi connectivity index (χ3n) is 3.00. The van der Waals surface area contributed by atoms with Crippen molar-refractivity contribution in [2.45, 2.75) is 24.9 Å². The minimum Gasteiger partial charge on any atom is -0.378 e. The van der Waals surface area contributed by atoms with Gasteiger partial charge in [-0.15, -0.1) is 12.4 Å². The second-order valence-electron chi connectivity index (χ2n) is 3.93. The van der Waals surface area contributed by atoms with Gasteiger partial charge in [0.1, 0.15) is 0 Å². The van der Waals surface area contributed by atoms with E-state index in [1.54, 1.807) is 0 Å². The minimum absolute atomic E-state index is 0. The van der Waals surface area contributed by atoms with Gasteiger partial charge in [0, 0.05) is 19.6 Å². The van der Waals surface area contributed by atoms with E-state index in [1.807, 2.05) is 0 Å². The van der Waals surface area contributed by atoms with Gasteiger partial charge in [-0.05, 0) is 25.3 Å². The van der Waals surface area contributed by atoms with Crippen molar-refractivity contribution in [3.05, 3.63) is 0 Å². The van der Waals surface area contributed by atoms with Gasteiger partial charge in [0.25, 0.3) is 0 Å². The standard InChI is InChI=1S/C9H17NO2.ClH/c10-6-8-1-3-12-9(5-8)2-4-11-7-9;/h8H,1-7,10H2;1H. The van der Waals surface area contributed by atoms with Crippen LogP contribution in [0.15, 0.2) is 0 Å². The predicted molar refractivity (Wildman–Crippen MR) is 53.1 cm³/mol. The van der Waals surface area contributed by atoms with Crippen molar-refractivity contribution in [2.24, 2.45) is 11.7 Å². The van der Waals surface area contributed by atoms with E-state index < -0.39 is 0 Å². The molecule has 0 saturated carbocycles. The van der Waals surface area contributed by atoms with E-state index in [0.717, 1.165) is 45.6 Å². The van der Waals surface area contributed by atoms with Gasteiger partial charge >= 0.3 is 0 Å². The maximum absolute atomic E-state index is 5.78. The summed E-state index contributed by atoms with van der Waals surface area (Å²) in [6.45, 7) is 3.30. The first-order chi connectivity index (χ1) is 5.85. The number of nitrogens with two attached hydrogens (primary N) is 1. The highest BCUT2D eigenvalue weighted by molar-refractivity contribution is 5.85. The fourth-order valence-electron chi connectivity index (χ4n) is 2.19. The van der Waals surface area contributed by atoms with Gasteiger partial charge in [0.15, 0.2) is 0 Å². The van der Waals surface area contributed by atoms with Crippen LogP contribution >= 0.6 is 12.4 Å². The molecule has 2 aliphatic heterocycles. The smallest absolute Gasteiger partial charge is 0.0939 e. The third kappa shape index (κ3) is 2.34. The van der Waals surface area contributed by atoms with Crippen LogP contribution in [0.3, 0.4) is 0 Å². The lowest BCUT2D eigenvalue weighted by molar-refractivity contribution is -0.0963. The Labute approximate surface area is 85.4 Å². The summed E-state index contributed by atoms with van der Waals surface area (Å²) in [7, 11) is 0. The molecule has 2 saturated heterocycles. The van der Waals surface area contributed by atoms with Crippen LogP contribution in [0.2, 0.25) is 0 Å². The average molecular weight is 208 g/mol. The van der Waals surface area contributed by atoms with Crippen LogP contribution in [0.1, 0.15) is 19.3 Å². The summed E-state index contributed by atoms with van der Waals surface area (Å²) in [5.74, 6) is 0.653. The molecule has 0 aromatic carbocycles. The molecule has 2 fully saturated rings. The Morgan fingerprint density at radius 3 is 2.85 bits per heavy atom. The largest absolute Gasteiger partial charge is 0.378 e. The van der Waals surface area contributed by atoms with Crippen molar-refractivity contribution in [3.63, 3.8) is 0 Å². The van der Waals surface area contributed by atoms with Crippen molar-refractivity contribution in [2.75, 3.05) is 26.4 Å². The molecule has 2 atom stereocenters. The van der Waals surface area contributed by atoms with Crippen LogP contribution in [0.5, 0.6) is 0 Å². The molecule has 0 aromatic rings.